The lowest BCUT2D eigenvalue weighted by Crippen LogP contribution is -2.00. The summed E-state index contributed by atoms with van der Waals surface area (Å²) in [5.41, 5.74) is 3.60. The van der Waals surface area contributed by atoms with Gasteiger partial charge < -0.3 is 14.1 Å². The van der Waals surface area contributed by atoms with Crippen molar-refractivity contribution in [3.05, 3.63) is 76.9 Å². The number of halogens is 1. The van der Waals surface area contributed by atoms with Gasteiger partial charge in [-0.15, -0.1) is 0 Å². The van der Waals surface area contributed by atoms with Gasteiger partial charge in [0.2, 0.25) is 5.89 Å². The maximum atomic E-state index is 6.09. The van der Waals surface area contributed by atoms with Gasteiger partial charge >= 0.3 is 0 Å². The second-order valence-electron chi connectivity index (χ2n) is 6.89. The summed E-state index contributed by atoms with van der Waals surface area (Å²) in [6.07, 6.45) is 3.32. The minimum atomic E-state index is 0.508. The number of aryl methyl sites for hydroxylation is 3. The SMILES string of the molecule is Cc1nc(-c2nc(-c3ccc(Cl)cc3)c(CCCOc3ccccc3C)o2)c[nH]1. The van der Waals surface area contributed by atoms with Gasteiger partial charge in [-0.2, -0.15) is 0 Å². The summed E-state index contributed by atoms with van der Waals surface area (Å²) in [6, 6.07) is 15.6. The van der Waals surface area contributed by atoms with Gasteiger partial charge in [0.05, 0.1) is 6.61 Å². The fourth-order valence-corrected chi connectivity index (χ4v) is 3.25. The molecule has 0 aliphatic carbocycles. The number of hydrogen-bond donors (Lipinski definition) is 1. The van der Waals surface area contributed by atoms with E-state index in [1.165, 1.54) is 0 Å². The van der Waals surface area contributed by atoms with Crippen LogP contribution in [0.25, 0.3) is 22.8 Å². The Morgan fingerprint density at radius 3 is 2.55 bits per heavy atom. The average Bonchev–Trinajstić information content (AvgIpc) is 3.33. The molecule has 5 nitrogen and oxygen atoms in total. The minimum absolute atomic E-state index is 0.508. The number of oxazole rings is 1. The number of aromatic nitrogens is 3. The van der Waals surface area contributed by atoms with Crippen LogP contribution in [0.4, 0.5) is 0 Å². The van der Waals surface area contributed by atoms with Crippen molar-refractivity contribution in [1.29, 1.82) is 0 Å². The number of ether oxygens (including phenoxy) is 1. The molecule has 4 aromatic rings. The van der Waals surface area contributed by atoms with E-state index in [4.69, 9.17) is 25.7 Å². The highest BCUT2D eigenvalue weighted by atomic mass is 35.5. The number of para-hydroxylation sites is 1. The fraction of sp³-hybridized carbons (Fsp3) is 0.217. The van der Waals surface area contributed by atoms with E-state index >= 15 is 0 Å². The van der Waals surface area contributed by atoms with Gasteiger partial charge in [-0.1, -0.05) is 41.9 Å². The van der Waals surface area contributed by atoms with Crippen molar-refractivity contribution >= 4 is 11.6 Å². The predicted octanol–water partition coefficient (Wildman–Crippen LogP) is 6.01. The highest BCUT2D eigenvalue weighted by molar-refractivity contribution is 6.30. The maximum Gasteiger partial charge on any atom is 0.247 e. The van der Waals surface area contributed by atoms with Crippen LogP contribution in [0.3, 0.4) is 0 Å². The Morgan fingerprint density at radius 2 is 1.83 bits per heavy atom. The summed E-state index contributed by atoms with van der Waals surface area (Å²) in [7, 11) is 0. The molecular formula is C23H22ClN3O2. The monoisotopic (exact) mass is 407 g/mol. The smallest absolute Gasteiger partial charge is 0.247 e. The van der Waals surface area contributed by atoms with Crippen LogP contribution in [0.5, 0.6) is 5.75 Å². The van der Waals surface area contributed by atoms with Crippen molar-refractivity contribution in [2.75, 3.05) is 6.61 Å². The Bertz CT molecular complexity index is 1100. The average molecular weight is 408 g/mol. The molecule has 0 spiro atoms. The van der Waals surface area contributed by atoms with Crippen molar-refractivity contribution in [2.45, 2.75) is 26.7 Å². The molecule has 2 aromatic heterocycles. The van der Waals surface area contributed by atoms with Gasteiger partial charge in [0.25, 0.3) is 0 Å². The van der Waals surface area contributed by atoms with Crippen LogP contribution >= 0.6 is 11.6 Å². The number of hydrogen-bond acceptors (Lipinski definition) is 4. The third-order valence-electron chi connectivity index (χ3n) is 4.64. The minimum Gasteiger partial charge on any atom is -0.493 e. The van der Waals surface area contributed by atoms with Crippen LogP contribution in [0.1, 0.15) is 23.6 Å². The molecule has 0 unspecified atom stereocenters. The molecule has 0 saturated heterocycles. The van der Waals surface area contributed by atoms with Crippen LogP contribution in [0, 0.1) is 13.8 Å². The molecule has 1 N–H and O–H groups in total. The zero-order chi connectivity index (χ0) is 20.2. The highest BCUT2D eigenvalue weighted by Crippen LogP contribution is 2.30. The number of nitrogens with zero attached hydrogens (tertiary/aromatic N) is 2. The predicted molar refractivity (Wildman–Crippen MR) is 114 cm³/mol. The van der Waals surface area contributed by atoms with Crippen LogP contribution in [-0.4, -0.2) is 21.6 Å². The number of benzene rings is 2. The lowest BCUT2D eigenvalue weighted by molar-refractivity contribution is 0.304. The van der Waals surface area contributed by atoms with Crippen LogP contribution in [-0.2, 0) is 6.42 Å². The summed E-state index contributed by atoms with van der Waals surface area (Å²) in [5, 5.41) is 0.688. The number of aromatic amines is 1. The molecule has 0 atom stereocenters. The number of nitrogens with one attached hydrogen (secondary N) is 1. The van der Waals surface area contributed by atoms with E-state index in [1.54, 1.807) is 6.20 Å². The van der Waals surface area contributed by atoms with Crippen LogP contribution in [0.2, 0.25) is 5.02 Å². The Kier molecular flexibility index (Phi) is 5.67. The highest BCUT2D eigenvalue weighted by Gasteiger charge is 2.18. The lowest BCUT2D eigenvalue weighted by atomic mass is 10.1. The normalized spacial score (nSPS) is 11.0. The van der Waals surface area contributed by atoms with Gasteiger partial charge in [0.1, 0.15) is 28.7 Å². The zero-order valence-corrected chi connectivity index (χ0v) is 17.2. The Hall–Kier alpha value is -3.05. The first kappa shape index (κ1) is 19.3. The van der Waals surface area contributed by atoms with Gasteiger partial charge in [0, 0.05) is 23.2 Å². The van der Waals surface area contributed by atoms with Crippen LogP contribution < -0.4 is 4.74 Å². The van der Waals surface area contributed by atoms with E-state index in [-0.39, 0.29) is 0 Å². The molecule has 0 radical (unpaired) electrons. The molecular weight excluding hydrogens is 386 g/mol. The molecule has 2 heterocycles. The second-order valence-corrected chi connectivity index (χ2v) is 7.32. The fourth-order valence-electron chi connectivity index (χ4n) is 3.12. The molecule has 4 rings (SSSR count). The lowest BCUT2D eigenvalue weighted by Gasteiger charge is -2.08. The summed E-state index contributed by atoms with van der Waals surface area (Å²) >= 11 is 6.04. The standard InChI is InChI=1S/C23H22ClN3O2/c1-15-6-3-4-7-20(15)28-13-5-8-21-22(17-9-11-18(24)12-10-17)27-23(29-21)19-14-25-16(2)26-19/h3-4,6-7,9-12,14H,5,8,13H2,1-2H3,(H,25,26). The van der Waals surface area contributed by atoms with Crippen molar-refractivity contribution in [3.8, 4) is 28.6 Å². The number of H-pyrrole nitrogens is 1. The molecule has 2 aromatic carbocycles. The van der Waals surface area contributed by atoms with Gasteiger partial charge in [0.15, 0.2) is 0 Å². The zero-order valence-electron chi connectivity index (χ0n) is 16.4. The third kappa shape index (κ3) is 4.51. The summed E-state index contributed by atoms with van der Waals surface area (Å²) in [4.78, 5) is 12.2. The van der Waals surface area contributed by atoms with Gasteiger partial charge in [-0.25, -0.2) is 9.97 Å². The molecule has 0 amide bonds. The van der Waals surface area contributed by atoms with E-state index in [9.17, 15) is 0 Å². The number of rotatable bonds is 7. The summed E-state index contributed by atoms with van der Waals surface area (Å²) in [6.45, 7) is 4.54. The van der Waals surface area contributed by atoms with Crippen molar-refractivity contribution in [2.24, 2.45) is 0 Å². The Labute approximate surface area is 174 Å². The maximum absolute atomic E-state index is 6.09. The number of imidazole rings is 1. The molecule has 6 heteroatoms. The molecule has 148 valence electrons. The Balaban J connectivity index is 1.53. The molecule has 29 heavy (non-hydrogen) atoms. The van der Waals surface area contributed by atoms with Crippen molar-refractivity contribution < 1.29 is 9.15 Å². The topological polar surface area (TPSA) is 63.9 Å². The van der Waals surface area contributed by atoms with E-state index in [0.29, 0.717) is 29.6 Å². The molecule has 0 aliphatic rings. The van der Waals surface area contributed by atoms with Crippen molar-refractivity contribution in [1.82, 2.24) is 15.0 Å². The summed E-state index contributed by atoms with van der Waals surface area (Å²) in [5.74, 6) is 3.06. The first-order valence-electron chi connectivity index (χ1n) is 9.56. The first-order valence-corrected chi connectivity index (χ1v) is 9.94. The summed E-state index contributed by atoms with van der Waals surface area (Å²) < 4.78 is 12.0. The van der Waals surface area contributed by atoms with Crippen LogP contribution in [0.15, 0.2) is 59.1 Å². The first-order chi connectivity index (χ1) is 14.1. The molecule has 0 fully saturated rings. The van der Waals surface area contributed by atoms with E-state index in [2.05, 4.69) is 9.97 Å². The third-order valence-corrected chi connectivity index (χ3v) is 4.89. The molecule has 0 saturated carbocycles. The van der Waals surface area contributed by atoms with E-state index in [0.717, 1.165) is 40.6 Å². The van der Waals surface area contributed by atoms with Crippen molar-refractivity contribution in [3.63, 3.8) is 0 Å². The van der Waals surface area contributed by atoms with E-state index in [1.807, 2.05) is 62.4 Å². The second kappa shape index (κ2) is 8.53. The quantitative estimate of drug-likeness (QED) is 0.381. The van der Waals surface area contributed by atoms with Gasteiger partial charge in [-0.3, -0.25) is 0 Å². The molecule has 0 aliphatic heterocycles. The Morgan fingerprint density at radius 1 is 1.03 bits per heavy atom. The largest absolute Gasteiger partial charge is 0.493 e. The van der Waals surface area contributed by atoms with Gasteiger partial charge in [-0.05, 0) is 44.0 Å². The van der Waals surface area contributed by atoms with E-state index < -0.39 is 0 Å². The molecule has 0 bridgehead atoms.